The first-order valence-electron chi connectivity index (χ1n) is 8.33. The van der Waals surface area contributed by atoms with Gasteiger partial charge in [-0.3, -0.25) is 0 Å². The molecule has 0 radical (unpaired) electrons. The number of quaternary nitrogens is 1. The number of benzene rings is 2. The zero-order chi connectivity index (χ0) is 15.8. The summed E-state index contributed by atoms with van der Waals surface area (Å²) in [5.41, 5.74) is 3.83. The Morgan fingerprint density at radius 3 is 2.32 bits per heavy atom. The topological polar surface area (TPSA) is 13.7 Å². The molecule has 118 valence electrons. The molecule has 0 saturated heterocycles. The molecule has 0 aliphatic carbocycles. The summed E-state index contributed by atoms with van der Waals surface area (Å²) in [5.74, 6) is 1.07. The molecule has 0 atom stereocenters. The van der Waals surface area contributed by atoms with Crippen molar-refractivity contribution in [3.63, 3.8) is 0 Å². The van der Waals surface area contributed by atoms with Crippen LogP contribution in [0, 0.1) is 6.92 Å². The van der Waals surface area contributed by atoms with Crippen molar-refractivity contribution in [2.75, 3.05) is 26.2 Å². The van der Waals surface area contributed by atoms with Crippen molar-refractivity contribution in [2.24, 2.45) is 0 Å². The number of aryl methyl sites for hydroxylation is 1. The summed E-state index contributed by atoms with van der Waals surface area (Å²) >= 11 is 0. The maximum absolute atomic E-state index is 6.15. The average molecular weight is 298 g/mol. The van der Waals surface area contributed by atoms with Gasteiger partial charge in [-0.05, 0) is 37.5 Å². The largest absolute Gasteiger partial charge is 0.487 e. The minimum atomic E-state index is 0.781. The third kappa shape index (κ3) is 4.60. The predicted octanol–water partition coefficient (Wildman–Crippen LogP) is 2.89. The summed E-state index contributed by atoms with van der Waals surface area (Å²) in [7, 11) is 0. The normalized spacial score (nSPS) is 10.9. The zero-order valence-electron chi connectivity index (χ0n) is 14.1. The van der Waals surface area contributed by atoms with Crippen molar-refractivity contribution < 1.29 is 9.64 Å². The molecule has 0 heterocycles. The first-order valence-corrected chi connectivity index (χ1v) is 8.33. The Labute approximate surface area is 134 Å². The lowest BCUT2D eigenvalue weighted by molar-refractivity contribution is -0.896. The van der Waals surface area contributed by atoms with E-state index in [0.29, 0.717) is 0 Å². The quantitative estimate of drug-likeness (QED) is 0.791. The number of likely N-dealkylation sites (N-methyl/N-ethyl adjacent to an activating group) is 1. The first-order chi connectivity index (χ1) is 10.7. The summed E-state index contributed by atoms with van der Waals surface area (Å²) < 4.78 is 6.15. The molecule has 2 nitrogen and oxygen atoms in total. The van der Waals surface area contributed by atoms with E-state index in [9.17, 15) is 0 Å². The van der Waals surface area contributed by atoms with Crippen molar-refractivity contribution >= 4 is 0 Å². The highest BCUT2D eigenvalue weighted by molar-refractivity contribution is 5.43. The van der Waals surface area contributed by atoms with Gasteiger partial charge in [0.2, 0.25) is 0 Å². The van der Waals surface area contributed by atoms with Crippen LogP contribution in [0.1, 0.15) is 30.5 Å². The number of para-hydroxylation sites is 1. The predicted molar refractivity (Wildman–Crippen MR) is 92.8 cm³/mol. The molecule has 0 spiro atoms. The monoisotopic (exact) mass is 298 g/mol. The van der Waals surface area contributed by atoms with Gasteiger partial charge in [0.1, 0.15) is 18.9 Å². The Balaban J connectivity index is 2.06. The average Bonchev–Trinajstić information content (AvgIpc) is 2.55. The van der Waals surface area contributed by atoms with Gasteiger partial charge >= 0.3 is 0 Å². The standard InChI is InChI=1S/C20H27NO/c1-4-21(5-2)14-15-22-20-17(3)10-9-13-19(20)16-18-11-7-6-8-12-18/h6-13H,4-5,14-16H2,1-3H3/p+1. The summed E-state index contributed by atoms with van der Waals surface area (Å²) in [6.07, 6.45) is 0.927. The molecule has 0 fully saturated rings. The molecule has 0 saturated carbocycles. The lowest BCUT2D eigenvalue weighted by Crippen LogP contribution is -3.12. The lowest BCUT2D eigenvalue weighted by Gasteiger charge is -2.18. The van der Waals surface area contributed by atoms with Crippen molar-refractivity contribution in [1.82, 2.24) is 0 Å². The van der Waals surface area contributed by atoms with Crippen molar-refractivity contribution in [1.29, 1.82) is 0 Å². The van der Waals surface area contributed by atoms with Crippen molar-refractivity contribution in [3.05, 3.63) is 65.2 Å². The van der Waals surface area contributed by atoms with Gasteiger partial charge in [-0.25, -0.2) is 0 Å². The Kier molecular flexibility index (Phi) is 6.47. The fraction of sp³-hybridized carbons (Fsp3) is 0.400. The summed E-state index contributed by atoms with van der Waals surface area (Å²) in [5, 5.41) is 0. The van der Waals surface area contributed by atoms with Crippen molar-refractivity contribution in [2.45, 2.75) is 27.2 Å². The van der Waals surface area contributed by atoms with Crippen LogP contribution in [0.4, 0.5) is 0 Å². The number of rotatable bonds is 8. The van der Waals surface area contributed by atoms with E-state index in [0.717, 1.165) is 38.4 Å². The molecule has 0 aliphatic heterocycles. The molecule has 2 aromatic rings. The van der Waals surface area contributed by atoms with E-state index in [1.807, 2.05) is 0 Å². The second-order valence-corrected chi connectivity index (χ2v) is 5.78. The van der Waals surface area contributed by atoms with Gasteiger partial charge in [0.05, 0.1) is 13.1 Å². The molecule has 2 aromatic carbocycles. The van der Waals surface area contributed by atoms with Crippen LogP contribution in [0.2, 0.25) is 0 Å². The van der Waals surface area contributed by atoms with Gasteiger partial charge < -0.3 is 9.64 Å². The van der Waals surface area contributed by atoms with Crippen LogP contribution in [-0.2, 0) is 6.42 Å². The fourth-order valence-electron chi connectivity index (χ4n) is 2.78. The first kappa shape index (κ1) is 16.6. The highest BCUT2D eigenvalue weighted by atomic mass is 16.5. The number of nitrogens with one attached hydrogen (secondary N) is 1. The van der Waals surface area contributed by atoms with Gasteiger partial charge in [0.25, 0.3) is 0 Å². The molecule has 0 aromatic heterocycles. The van der Waals surface area contributed by atoms with E-state index in [-0.39, 0.29) is 0 Å². The second-order valence-electron chi connectivity index (χ2n) is 5.78. The van der Waals surface area contributed by atoms with Gasteiger partial charge in [-0.15, -0.1) is 0 Å². The SMILES string of the molecule is CC[NH+](CC)CCOc1c(C)cccc1Cc1ccccc1. The Bertz CT molecular complexity index is 561. The summed E-state index contributed by atoms with van der Waals surface area (Å²) in [4.78, 5) is 1.58. The summed E-state index contributed by atoms with van der Waals surface area (Å²) in [6.45, 7) is 10.7. The maximum Gasteiger partial charge on any atom is 0.137 e. The number of hydrogen-bond donors (Lipinski definition) is 1. The molecular formula is C20H28NO+. The van der Waals surface area contributed by atoms with E-state index in [1.54, 1.807) is 4.90 Å². The summed E-state index contributed by atoms with van der Waals surface area (Å²) in [6, 6.07) is 17.0. The second kappa shape index (κ2) is 8.60. The van der Waals surface area contributed by atoms with Crippen molar-refractivity contribution in [3.8, 4) is 5.75 Å². The minimum absolute atomic E-state index is 0.781. The molecule has 1 N–H and O–H groups in total. The van der Waals surface area contributed by atoms with Gasteiger partial charge in [0, 0.05) is 6.42 Å². The van der Waals surface area contributed by atoms with E-state index in [1.165, 1.54) is 16.7 Å². The van der Waals surface area contributed by atoms with Gasteiger partial charge in [-0.1, -0.05) is 48.5 Å². The molecule has 0 unspecified atom stereocenters. The molecule has 2 heteroatoms. The van der Waals surface area contributed by atoms with Crippen LogP contribution >= 0.6 is 0 Å². The van der Waals surface area contributed by atoms with Crippen LogP contribution < -0.4 is 9.64 Å². The zero-order valence-corrected chi connectivity index (χ0v) is 14.1. The fourth-order valence-corrected chi connectivity index (χ4v) is 2.78. The minimum Gasteiger partial charge on any atom is -0.487 e. The van der Waals surface area contributed by atoms with Crippen LogP contribution in [0.5, 0.6) is 5.75 Å². The Morgan fingerprint density at radius 2 is 1.64 bits per heavy atom. The third-order valence-corrected chi connectivity index (χ3v) is 4.23. The highest BCUT2D eigenvalue weighted by Gasteiger charge is 2.09. The lowest BCUT2D eigenvalue weighted by atomic mass is 10.0. The molecular weight excluding hydrogens is 270 g/mol. The van der Waals surface area contributed by atoms with E-state index < -0.39 is 0 Å². The number of hydrogen-bond acceptors (Lipinski definition) is 1. The van der Waals surface area contributed by atoms with E-state index in [2.05, 4.69) is 69.3 Å². The molecule has 0 bridgehead atoms. The molecule has 22 heavy (non-hydrogen) atoms. The number of ether oxygens (including phenoxy) is 1. The molecule has 0 amide bonds. The molecule has 2 rings (SSSR count). The smallest absolute Gasteiger partial charge is 0.137 e. The molecule has 0 aliphatic rings. The van der Waals surface area contributed by atoms with Crippen LogP contribution in [-0.4, -0.2) is 26.2 Å². The Hall–Kier alpha value is -1.80. The third-order valence-electron chi connectivity index (χ3n) is 4.23. The van der Waals surface area contributed by atoms with Gasteiger partial charge in [-0.2, -0.15) is 0 Å². The van der Waals surface area contributed by atoms with E-state index >= 15 is 0 Å². The van der Waals surface area contributed by atoms with Gasteiger partial charge in [0.15, 0.2) is 0 Å². The van der Waals surface area contributed by atoms with Crippen LogP contribution in [0.3, 0.4) is 0 Å². The van der Waals surface area contributed by atoms with Crippen LogP contribution in [0.15, 0.2) is 48.5 Å². The highest BCUT2D eigenvalue weighted by Crippen LogP contribution is 2.25. The maximum atomic E-state index is 6.15. The van der Waals surface area contributed by atoms with Crippen LogP contribution in [0.25, 0.3) is 0 Å². The Morgan fingerprint density at radius 1 is 0.909 bits per heavy atom. The van der Waals surface area contributed by atoms with E-state index in [4.69, 9.17) is 4.74 Å².